The van der Waals surface area contributed by atoms with Gasteiger partial charge in [0.1, 0.15) is 11.4 Å². The number of rotatable bonds is 8. The van der Waals surface area contributed by atoms with Crippen LogP contribution in [-0.2, 0) is 30.3 Å². The van der Waals surface area contributed by atoms with E-state index in [-0.39, 0.29) is 39.4 Å². The number of hydrogen-bond acceptors (Lipinski definition) is 6. The molecule has 7 nitrogen and oxygen atoms in total. The third-order valence-corrected chi connectivity index (χ3v) is 10.4. The summed E-state index contributed by atoms with van der Waals surface area (Å²) in [5, 5.41) is 11.9. The molecule has 1 saturated carbocycles. The number of nitrogens with zero attached hydrogens (tertiary/aromatic N) is 1. The summed E-state index contributed by atoms with van der Waals surface area (Å²) in [4.78, 5) is 13.0. The number of carbonyl (C=O) groups is 1. The van der Waals surface area contributed by atoms with Crippen LogP contribution < -0.4 is 0 Å². The van der Waals surface area contributed by atoms with Gasteiger partial charge in [0.25, 0.3) is 10.0 Å². The lowest BCUT2D eigenvalue weighted by molar-refractivity contribution is -0.126. The number of ketones is 1. The van der Waals surface area contributed by atoms with E-state index in [4.69, 9.17) is 0 Å². The van der Waals surface area contributed by atoms with Crippen molar-refractivity contribution in [2.24, 2.45) is 17.8 Å². The van der Waals surface area contributed by atoms with E-state index in [2.05, 4.69) is 0 Å². The van der Waals surface area contributed by atoms with Crippen molar-refractivity contribution >= 4 is 25.6 Å². The van der Waals surface area contributed by atoms with Gasteiger partial charge >= 0.3 is 0 Å². The molecule has 4 rings (SSSR count). The molecule has 1 N–H and O–H groups in total. The van der Waals surface area contributed by atoms with Crippen molar-refractivity contribution in [1.29, 1.82) is 0 Å². The van der Waals surface area contributed by atoms with Gasteiger partial charge in [0.15, 0.2) is 9.84 Å². The van der Waals surface area contributed by atoms with Crippen molar-refractivity contribution in [2.75, 3.05) is 5.75 Å². The summed E-state index contributed by atoms with van der Waals surface area (Å²) < 4.78 is 53.7. The highest BCUT2D eigenvalue weighted by molar-refractivity contribution is 7.91. The van der Waals surface area contributed by atoms with Crippen molar-refractivity contribution in [3.05, 3.63) is 84.7 Å². The molecule has 0 radical (unpaired) electrons. The van der Waals surface area contributed by atoms with E-state index in [1.807, 2.05) is 13.8 Å². The number of sulfone groups is 1. The molecule has 4 atom stereocenters. The lowest BCUT2D eigenvalue weighted by Gasteiger charge is -2.31. The van der Waals surface area contributed by atoms with Crippen LogP contribution in [0.4, 0.5) is 0 Å². The summed E-state index contributed by atoms with van der Waals surface area (Å²) >= 11 is 0. The number of hydrogen-bond donors (Lipinski definition) is 1. The van der Waals surface area contributed by atoms with Crippen LogP contribution in [0.25, 0.3) is 0 Å². The Morgan fingerprint density at radius 2 is 1.49 bits per heavy atom. The fourth-order valence-electron chi connectivity index (χ4n) is 4.95. The first-order valence-corrected chi connectivity index (χ1v) is 14.6. The summed E-state index contributed by atoms with van der Waals surface area (Å²) in [6.45, 7) is 3.75. The molecule has 1 aliphatic rings. The van der Waals surface area contributed by atoms with Gasteiger partial charge in [-0.3, -0.25) is 4.79 Å². The van der Waals surface area contributed by atoms with Crippen LogP contribution in [-0.4, -0.2) is 37.5 Å². The highest BCUT2D eigenvalue weighted by Gasteiger charge is 2.45. The summed E-state index contributed by atoms with van der Waals surface area (Å²) in [5.74, 6) is -1.42. The highest BCUT2D eigenvalue weighted by Crippen LogP contribution is 2.42. The first-order valence-electron chi connectivity index (χ1n) is 11.5. The molecule has 0 saturated heterocycles. The number of aliphatic hydroxyl groups is 1. The van der Waals surface area contributed by atoms with Crippen LogP contribution in [0, 0.1) is 17.8 Å². The van der Waals surface area contributed by atoms with E-state index in [0.29, 0.717) is 6.42 Å². The normalized spacial score (nSPS) is 22.7. The van der Waals surface area contributed by atoms with Crippen LogP contribution in [0.5, 0.6) is 0 Å². The van der Waals surface area contributed by atoms with E-state index >= 15 is 0 Å². The van der Waals surface area contributed by atoms with Crippen molar-refractivity contribution < 1.29 is 26.7 Å². The maximum atomic E-state index is 13.3. The lowest BCUT2D eigenvalue weighted by Crippen LogP contribution is -2.38. The Morgan fingerprint density at radius 3 is 2.03 bits per heavy atom. The maximum Gasteiger partial charge on any atom is 0.267 e. The molecule has 1 aliphatic carbocycles. The van der Waals surface area contributed by atoms with Gasteiger partial charge < -0.3 is 5.11 Å². The average molecular weight is 516 g/mol. The fourth-order valence-corrected chi connectivity index (χ4v) is 7.82. The molecule has 9 heteroatoms. The zero-order valence-electron chi connectivity index (χ0n) is 19.6. The Bertz CT molecular complexity index is 1410. The maximum absolute atomic E-state index is 13.3. The molecule has 0 bridgehead atoms. The van der Waals surface area contributed by atoms with E-state index in [1.54, 1.807) is 36.4 Å². The van der Waals surface area contributed by atoms with E-state index in [1.165, 1.54) is 42.7 Å². The van der Waals surface area contributed by atoms with Gasteiger partial charge in [-0.05, 0) is 49.1 Å². The van der Waals surface area contributed by atoms with Gasteiger partial charge in [-0.15, -0.1) is 0 Å². The second kappa shape index (κ2) is 9.37. The van der Waals surface area contributed by atoms with Gasteiger partial charge in [0.2, 0.25) is 0 Å². The van der Waals surface area contributed by atoms with Crippen molar-refractivity contribution in [2.45, 2.75) is 42.1 Å². The van der Waals surface area contributed by atoms with Crippen molar-refractivity contribution in [3.63, 3.8) is 0 Å². The average Bonchev–Trinajstić information content (AvgIpc) is 3.43. The number of Topliss-reactive ketones (excluding diaryl/α,β-unsaturated/α-hetero) is 1. The van der Waals surface area contributed by atoms with Gasteiger partial charge in [-0.2, -0.15) is 0 Å². The smallest absolute Gasteiger partial charge is 0.267 e. The molecule has 186 valence electrons. The molecule has 2 aromatic carbocycles. The second-order valence-corrected chi connectivity index (χ2v) is 13.3. The summed E-state index contributed by atoms with van der Waals surface area (Å²) in [7, 11) is -7.90. The number of carbonyl (C=O) groups excluding carboxylic acids is 1. The second-order valence-electron chi connectivity index (χ2n) is 9.48. The van der Waals surface area contributed by atoms with E-state index in [9.17, 15) is 26.7 Å². The monoisotopic (exact) mass is 515 g/mol. The van der Waals surface area contributed by atoms with Gasteiger partial charge in [0.05, 0.1) is 15.5 Å². The highest BCUT2D eigenvalue weighted by atomic mass is 32.2. The number of benzene rings is 2. The predicted molar refractivity (Wildman–Crippen MR) is 132 cm³/mol. The quantitative estimate of drug-likeness (QED) is 0.490. The Hall–Kier alpha value is -2.75. The topological polar surface area (TPSA) is 111 Å². The van der Waals surface area contributed by atoms with Crippen LogP contribution in [0.1, 0.15) is 32.3 Å². The third-order valence-electron chi connectivity index (χ3n) is 6.88. The van der Waals surface area contributed by atoms with E-state index in [0.717, 1.165) is 3.97 Å². The molecular weight excluding hydrogens is 486 g/mol. The Labute approximate surface area is 206 Å². The zero-order valence-corrected chi connectivity index (χ0v) is 21.2. The number of aromatic nitrogens is 1. The Morgan fingerprint density at radius 1 is 0.914 bits per heavy atom. The molecule has 3 aromatic rings. The summed E-state index contributed by atoms with van der Waals surface area (Å²) in [5.41, 5.74) is -1.83. The van der Waals surface area contributed by atoms with Crippen LogP contribution >= 0.6 is 0 Å². The molecule has 0 aliphatic heterocycles. The third kappa shape index (κ3) is 4.98. The van der Waals surface area contributed by atoms with Crippen LogP contribution in [0.15, 0.2) is 88.9 Å². The van der Waals surface area contributed by atoms with Crippen molar-refractivity contribution in [3.8, 4) is 0 Å². The van der Waals surface area contributed by atoms with Crippen LogP contribution in [0.3, 0.4) is 0 Å². The van der Waals surface area contributed by atoms with Crippen molar-refractivity contribution in [1.82, 2.24) is 3.97 Å². The molecule has 2 unspecified atom stereocenters. The molecule has 1 heterocycles. The molecule has 1 fully saturated rings. The summed E-state index contributed by atoms with van der Waals surface area (Å²) in [6.07, 6.45) is 3.09. The minimum atomic E-state index is -3.95. The van der Waals surface area contributed by atoms with E-state index < -0.39 is 37.1 Å². The summed E-state index contributed by atoms with van der Waals surface area (Å²) in [6, 6.07) is 17.0. The minimum absolute atomic E-state index is 0.00984. The zero-order chi connectivity index (χ0) is 25.4. The molecule has 35 heavy (non-hydrogen) atoms. The molecular formula is C26H29NO6S2. The molecule has 0 spiro atoms. The predicted octanol–water partition coefficient (Wildman–Crippen LogP) is 3.64. The first kappa shape index (κ1) is 25.3. The SMILES string of the molecule is C[C@@H]1C[C@H](C)C(=O)C1CC(O)(CS(=O)(=O)c1ccccc1)c1ccn(S(=O)(=O)c2ccccc2)c1. The molecule has 1 aromatic heterocycles. The van der Waals surface area contributed by atoms with Gasteiger partial charge in [-0.1, -0.05) is 50.2 Å². The van der Waals surface area contributed by atoms with Crippen LogP contribution in [0.2, 0.25) is 0 Å². The standard InChI is InChI=1S/C26H29NO6S2/c1-19-15-20(2)25(28)24(19)16-26(29,18-34(30,31)22-9-5-3-6-10-22)21-13-14-27(17-21)35(32,33)23-11-7-4-8-12-23/h3-14,17,19-20,24,29H,15-16,18H2,1-2H3/t19-,20+,24?,26?/m1/s1. The lowest BCUT2D eigenvalue weighted by atomic mass is 9.82. The van der Waals surface area contributed by atoms with Gasteiger partial charge in [-0.25, -0.2) is 20.8 Å². The minimum Gasteiger partial charge on any atom is -0.384 e. The fraction of sp³-hybridized carbons (Fsp3) is 0.346. The largest absolute Gasteiger partial charge is 0.384 e. The molecule has 0 amide bonds. The Balaban J connectivity index is 1.76. The van der Waals surface area contributed by atoms with Gasteiger partial charge in [0, 0.05) is 29.8 Å². The first-order chi connectivity index (χ1) is 16.4. The Kier molecular flexibility index (Phi) is 6.78.